The van der Waals surface area contributed by atoms with Gasteiger partial charge in [0.2, 0.25) is 0 Å². The highest BCUT2D eigenvalue weighted by molar-refractivity contribution is 7.21. The fraction of sp³-hybridized carbons (Fsp3) is 0.111. The second-order valence-corrected chi connectivity index (χ2v) is 6.76. The van der Waals surface area contributed by atoms with Crippen molar-refractivity contribution in [3.8, 4) is 10.4 Å². The molecule has 4 aromatic rings. The molecule has 7 nitrogen and oxygen atoms in total. The molecule has 3 N–H and O–H groups in total. The maximum absolute atomic E-state index is 11.7. The van der Waals surface area contributed by atoms with Crippen molar-refractivity contribution in [2.45, 2.75) is 12.5 Å². The molecule has 0 saturated heterocycles. The molecular formula is C18H15N5O2S. The second kappa shape index (κ2) is 6.93. The minimum absolute atomic E-state index is 0.274. The van der Waals surface area contributed by atoms with Gasteiger partial charge in [0.25, 0.3) is 0 Å². The molecule has 0 spiro atoms. The molecule has 1 atom stereocenters. The second-order valence-electron chi connectivity index (χ2n) is 5.73. The Labute approximate surface area is 152 Å². The number of aliphatic carboxylic acids is 1. The first kappa shape index (κ1) is 16.2. The van der Waals surface area contributed by atoms with Crippen molar-refractivity contribution in [2.24, 2.45) is 0 Å². The van der Waals surface area contributed by atoms with Gasteiger partial charge in [0, 0.05) is 23.2 Å². The van der Waals surface area contributed by atoms with E-state index in [2.05, 4.69) is 25.3 Å². The normalized spacial score (nSPS) is 12.2. The lowest BCUT2D eigenvalue weighted by atomic mass is 10.1. The molecule has 0 aliphatic rings. The monoisotopic (exact) mass is 365 g/mol. The average molecular weight is 365 g/mol. The van der Waals surface area contributed by atoms with Gasteiger partial charge in [-0.15, -0.1) is 11.3 Å². The average Bonchev–Trinajstić information content (AvgIpc) is 3.31. The lowest BCUT2D eigenvalue weighted by Crippen LogP contribution is -2.32. The Morgan fingerprint density at radius 3 is 2.85 bits per heavy atom. The summed E-state index contributed by atoms with van der Waals surface area (Å²) in [5.41, 5.74) is 1.83. The van der Waals surface area contributed by atoms with Gasteiger partial charge in [-0.25, -0.2) is 19.7 Å². The number of hydrogen-bond donors (Lipinski definition) is 3. The van der Waals surface area contributed by atoms with Gasteiger partial charge < -0.3 is 15.4 Å². The molecule has 1 aromatic carbocycles. The van der Waals surface area contributed by atoms with Gasteiger partial charge in [0.05, 0.1) is 11.7 Å². The number of carboxylic acids is 1. The van der Waals surface area contributed by atoms with Crippen molar-refractivity contribution >= 4 is 33.3 Å². The molecule has 0 saturated carbocycles. The predicted molar refractivity (Wildman–Crippen MR) is 100 cm³/mol. The third-order valence-electron chi connectivity index (χ3n) is 3.98. The Kier molecular flexibility index (Phi) is 4.32. The van der Waals surface area contributed by atoms with Crippen LogP contribution in [0.4, 0.5) is 5.82 Å². The fourth-order valence-corrected chi connectivity index (χ4v) is 3.70. The number of benzene rings is 1. The summed E-state index contributed by atoms with van der Waals surface area (Å²) in [6, 6.07) is 11.2. The first-order valence-corrected chi connectivity index (χ1v) is 8.79. The smallest absolute Gasteiger partial charge is 0.326 e. The van der Waals surface area contributed by atoms with Crippen LogP contribution >= 0.6 is 11.3 Å². The van der Waals surface area contributed by atoms with Crippen LogP contribution in [0.15, 0.2) is 55.2 Å². The molecule has 130 valence electrons. The molecule has 0 amide bonds. The third kappa shape index (κ3) is 3.27. The van der Waals surface area contributed by atoms with Crippen molar-refractivity contribution in [3.63, 3.8) is 0 Å². The molecule has 0 aliphatic heterocycles. The van der Waals surface area contributed by atoms with Gasteiger partial charge in [-0.3, -0.25) is 0 Å². The number of nitrogens with one attached hydrogen (secondary N) is 2. The number of carboxylic acid groups (broad SMARTS) is 1. The number of hydrogen-bond acceptors (Lipinski definition) is 6. The van der Waals surface area contributed by atoms with Gasteiger partial charge in [-0.1, -0.05) is 30.3 Å². The number of aromatic amines is 1. The topological polar surface area (TPSA) is 104 Å². The van der Waals surface area contributed by atoms with Gasteiger partial charge >= 0.3 is 5.97 Å². The van der Waals surface area contributed by atoms with Gasteiger partial charge in [-0.05, 0) is 11.6 Å². The summed E-state index contributed by atoms with van der Waals surface area (Å²) < 4.78 is 0. The van der Waals surface area contributed by atoms with Gasteiger partial charge in [-0.2, -0.15) is 0 Å². The zero-order valence-electron chi connectivity index (χ0n) is 13.6. The molecule has 0 fully saturated rings. The summed E-state index contributed by atoms with van der Waals surface area (Å²) >= 11 is 1.55. The Hall–Kier alpha value is -3.26. The van der Waals surface area contributed by atoms with Gasteiger partial charge in [0.1, 0.15) is 23.0 Å². The molecule has 0 radical (unpaired) electrons. The van der Waals surface area contributed by atoms with Crippen LogP contribution in [0.1, 0.15) is 5.69 Å². The summed E-state index contributed by atoms with van der Waals surface area (Å²) in [6.07, 6.45) is 4.87. The van der Waals surface area contributed by atoms with Crippen LogP contribution in [0, 0.1) is 0 Å². The minimum atomic E-state index is -0.954. The van der Waals surface area contributed by atoms with Crippen LogP contribution < -0.4 is 5.32 Å². The Morgan fingerprint density at radius 1 is 1.27 bits per heavy atom. The summed E-state index contributed by atoms with van der Waals surface area (Å²) in [6.45, 7) is 0. The zero-order chi connectivity index (χ0) is 17.9. The molecule has 1 unspecified atom stereocenters. The zero-order valence-corrected chi connectivity index (χ0v) is 14.4. The number of carbonyl (C=O) groups is 1. The number of imidazole rings is 1. The van der Waals surface area contributed by atoms with E-state index in [4.69, 9.17) is 0 Å². The van der Waals surface area contributed by atoms with E-state index in [-0.39, 0.29) is 6.42 Å². The number of fused-ring (bicyclic) bond motifs is 1. The van der Waals surface area contributed by atoms with Crippen molar-refractivity contribution < 1.29 is 9.90 Å². The van der Waals surface area contributed by atoms with Crippen molar-refractivity contribution in [1.82, 2.24) is 19.9 Å². The van der Waals surface area contributed by atoms with Crippen LogP contribution in [-0.4, -0.2) is 37.1 Å². The molecule has 3 heterocycles. The van der Waals surface area contributed by atoms with Crippen LogP contribution in [-0.2, 0) is 11.2 Å². The highest BCUT2D eigenvalue weighted by atomic mass is 32.1. The quantitative estimate of drug-likeness (QED) is 0.485. The Balaban J connectivity index is 1.67. The lowest BCUT2D eigenvalue weighted by Gasteiger charge is -2.14. The summed E-state index contributed by atoms with van der Waals surface area (Å²) in [5.74, 6) is -0.440. The van der Waals surface area contributed by atoms with Crippen molar-refractivity contribution in [3.05, 3.63) is 60.9 Å². The van der Waals surface area contributed by atoms with Crippen molar-refractivity contribution in [1.29, 1.82) is 0 Å². The van der Waals surface area contributed by atoms with E-state index in [0.717, 1.165) is 26.4 Å². The van der Waals surface area contributed by atoms with Crippen LogP contribution in [0.3, 0.4) is 0 Å². The first-order chi connectivity index (χ1) is 12.7. The minimum Gasteiger partial charge on any atom is -0.480 e. The lowest BCUT2D eigenvalue weighted by molar-refractivity contribution is -0.137. The third-order valence-corrected chi connectivity index (χ3v) is 5.07. The predicted octanol–water partition coefficient (Wildman–Crippen LogP) is 3.19. The summed E-state index contributed by atoms with van der Waals surface area (Å²) in [7, 11) is 0. The molecule has 3 aromatic heterocycles. The Morgan fingerprint density at radius 2 is 2.12 bits per heavy atom. The highest BCUT2D eigenvalue weighted by Gasteiger charge is 2.21. The molecule has 0 aliphatic carbocycles. The van der Waals surface area contributed by atoms with E-state index in [9.17, 15) is 9.90 Å². The molecule has 8 heteroatoms. The SMILES string of the molecule is O=C(O)C(Cc1cnc[nH]1)Nc1ncnc2sc(-c3ccccc3)cc12. The van der Waals surface area contributed by atoms with E-state index in [1.54, 1.807) is 17.5 Å². The number of aromatic nitrogens is 4. The van der Waals surface area contributed by atoms with Crippen LogP contribution in [0.5, 0.6) is 0 Å². The number of H-pyrrole nitrogens is 1. The number of anilines is 1. The maximum atomic E-state index is 11.7. The van der Waals surface area contributed by atoms with E-state index < -0.39 is 12.0 Å². The number of thiophene rings is 1. The summed E-state index contributed by atoms with van der Waals surface area (Å²) in [4.78, 5) is 29.0. The van der Waals surface area contributed by atoms with E-state index >= 15 is 0 Å². The summed E-state index contributed by atoms with van der Waals surface area (Å²) in [5, 5.41) is 13.4. The number of rotatable bonds is 6. The van der Waals surface area contributed by atoms with Gasteiger partial charge in [0.15, 0.2) is 0 Å². The van der Waals surface area contributed by atoms with Crippen LogP contribution in [0.2, 0.25) is 0 Å². The largest absolute Gasteiger partial charge is 0.480 e. The fourth-order valence-electron chi connectivity index (χ4n) is 2.70. The standard InChI is InChI=1S/C18H15N5O2S/c24-18(25)14(6-12-8-19-9-20-12)23-16-13-7-15(11-4-2-1-3-5-11)26-17(13)22-10-21-16/h1-5,7-10,14H,6H2,(H,19,20)(H,24,25)(H,21,22,23). The molecule has 0 bridgehead atoms. The first-order valence-electron chi connectivity index (χ1n) is 7.97. The highest BCUT2D eigenvalue weighted by Crippen LogP contribution is 2.35. The molecule has 4 rings (SSSR count). The van der Waals surface area contributed by atoms with E-state index in [1.165, 1.54) is 12.7 Å². The van der Waals surface area contributed by atoms with E-state index in [0.29, 0.717) is 5.82 Å². The Bertz CT molecular complexity index is 1030. The number of nitrogens with zero attached hydrogens (tertiary/aromatic N) is 3. The van der Waals surface area contributed by atoms with E-state index in [1.807, 2.05) is 36.4 Å². The maximum Gasteiger partial charge on any atom is 0.326 e. The molecule has 26 heavy (non-hydrogen) atoms. The van der Waals surface area contributed by atoms with Crippen LogP contribution in [0.25, 0.3) is 20.7 Å². The van der Waals surface area contributed by atoms with Crippen molar-refractivity contribution in [2.75, 3.05) is 5.32 Å². The molecular weight excluding hydrogens is 350 g/mol.